The Morgan fingerprint density at radius 2 is 1.98 bits per heavy atom. The third-order valence-corrected chi connectivity index (χ3v) is 7.36. The molecule has 3 aliphatic rings. The number of halogens is 4. The molecule has 3 heterocycles. The Labute approximate surface area is 228 Å². The molecule has 2 fully saturated rings. The highest BCUT2D eigenvalue weighted by Crippen LogP contribution is 2.38. The number of dihydropyridines is 1. The Hall–Kier alpha value is -3.80. The number of likely N-dealkylation sites (N-methyl/N-ethyl adjacent to an activating group) is 1. The Kier molecular flexibility index (Phi) is 7.63. The quantitative estimate of drug-likeness (QED) is 0.481. The van der Waals surface area contributed by atoms with Crippen LogP contribution in [0.1, 0.15) is 19.3 Å². The summed E-state index contributed by atoms with van der Waals surface area (Å²) in [5.41, 5.74) is -0.303. The predicted molar refractivity (Wildman–Crippen MR) is 142 cm³/mol. The molecular weight excluding hydrogens is 530 g/mol. The van der Waals surface area contributed by atoms with Crippen LogP contribution in [-0.2, 0) is 9.59 Å². The van der Waals surface area contributed by atoms with Gasteiger partial charge in [-0.2, -0.15) is 13.2 Å². The summed E-state index contributed by atoms with van der Waals surface area (Å²) in [5, 5.41) is 2.56. The SMILES string of the molecule is CN(C)[C@@H]1CCN(c2cc(F)c(-c3ccc(OCC4CC4)nc3)cc2NC(=O)C2C=NC(=O)C=C2C(F)(F)F)C1. The van der Waals surface area contributed by atoms with Gasteiger partial charge in [0.25, 0.3) is 5.91 Å². The molecule has 2 aliphatic heterocycles. The number of nitrogens with zero attached hydrogens (tertiary/aromatic N) is 4. The average Bonchev–Trinajstić information content (AvgIpc) is 3.61. The van der Waals surface area contributed by atoms with Gasteiger partial charge in [0.1, 0.15) is 11.7 Å². The van der Waals surface area contributed by atoms with Gasteiger partial charge in [0.05, 0.1) is 23.6 Å². The van der Waals surface area contributed by atoms with Crippen LogP contribution in [0.25, 0.3) is 11.1 Å². The van der Waals surface area contributed by atoms with E-state index in [-0.39, 0.29) is 17.3 Å². The van der Waals surface area contributed by atoms with Crippen molar-refractivity contribution in [2.45, 2.75) is 31.5 Å². The Balaban J connectivity index is 1.47. The van der Waals surface area contributed by atoms with Crippen molar-refractivity contribution < 1.29 is 31.9 Å². The fraction of sp³-hybridized carbons (Fsp3) is 0.429. The van der Waals surface area contributed by atoms with E-state index in [0.29, 0.717) is 55.0 Å². The molecule has 2 amide bonds. The lowest BCUT2D eigenvalue weighted by atomic mass is 9.95. The first-order valence-corrected chi connectivity index (χ1v) is 13.0. The minimum atomic E-state index is -4.91. The van der Waals surface area contributed by atoms with Crippen molar-refractivity contribution >= 4 is 29.4 Å². The molecule has 0 radical (unpaired) electrons. The molecule has 40 heavy (non-hydrogen) atoms. The van der Waals surface area contributed by atoms with Gasteiger partial charge in [-0.1, -0.05) is 0 Å². The molecule has 1 saturated carbocycles. The summed E-state index contributed by atoms with van der Waals surface area (Å²) >= 11 is 0. The van der Waals surface area contributed by atoms with E-state index in [1.165, 1.54) is 18.3 Å². The van der Waals surface area contributed by atoms with Crippen LogP contribution in [0, 0.1) is 17.7 Å². The monoisotopic (exact) mass is 559 g/mol. The lowest BCUT2D eigenvalue weighted by Gasteiger charge is -2.26. The zero-order valence-electron chi connectivity index (χ0n) is 22.0. The van der Waals surface area contributed by atoms with E-state index in [1.807, 2.05) is 23.9 Å². The van der Waals surface area contributed by atoms with Crippen molar-refractivity contribution in [1.29, 1.82) is 0 Å². The van der Waals surface area contributed by atoms with Gasteiger partial charge >= 0.3 is 6.18 Å². The number of amides is 2. The first kappa shape index (κ1) is 27.8. The van der Waals surface area contributed by atoms with Crippen LogP contribution in [0.4, 0.5) is 28.9 Å². The first-order chi connectivity index (χ1) is 19.0. The zero-order chi connectivity index (χ0) is 28.6. The summed E-state index contributed by atoms with van der Waals surface area (Å²) in [6, 6.07) is 6.12. The van der Waals surface area contributed by atoms with Crippen molar-refractivity contribution in [3.8, 4) is 17.0 Å². The number of pyridine rings is 1. The van der Waals surface area contributed by atoms with Crippen LogP contribution in [0.2, 0.25) is 0 Å². The number of benzene rings is 1. The third kappa shape index (κ3) is 6.16. The van der Waals surface area contributed by atoms with E-state index in [4.69, 9.17) is 4.74 Å². The zero-order valence-corrected chi connectivity index (χ0v) is 22.0. The molecule has 1 aromatic carbocycles. The molecule has 212 valence electrons. The van der Waals surface area contributed by atoms with Gasteiger partial charge in [0.2, 0.25) is 11.8 Å². The molecule has 0 spiro atoms. The van der Waals surface area contributed by atoms with Gasteiger partial charge in [-0.05, 0) is 57.5 Å². The molecule has 1 aliphatic carbocycles. The smallest absolute Gasteiger partial charge is 0.414 e. The largest absolute Gasteiger partial charge is 0.477 e. The fourth-order valence-corrected chi connectivity index (χ4v) is 4.81. The maximum atomic E-state index is 15.5. The van der Waals surface area contributed by atoms with E-state index < -0.39 is 35.3 Å². The maximum absolute atomic E-state index is 15.5. The number of aliphatic imine (C=N–C) groups is 1. The summed E-state index contributed by atoms with van der Waals surface area (Å²) in [7, 11) is 3.86. The van der Waals surface area contributed by atoms with Crippen molar-refractivity contribution in [2.75, 3.05) is 44.0 Å². The lowest BCUT2D eigenvalue weighted by molar-refractivity contribution is -0.124. The Morgan fingerprint density at radius 3 is 2.60 bits per heavy atom. The van der Waals surface area contributed by atoms with E-state index in [9.17, 15) is 22.8 Å². The van der Waals surface area contributed by atoms with Crippen molar-refractivity contribution in [1.82, 2.24) is 9.88 Å². The minimum absolute atomic E-state index is 0.114. The summed E-state index contributed by atoms with van der Waals surface area (Å²) in [4.78, 5) is 36.3. The Morgan fingerprint density at radius 1 is 1.20 bits per heavy atom. The van der Waals surface area contributed by atoms with Crippen LogP contribution < -0.4 is 15.0 Å². The molecule has 5 rings (SSSR count). The van der Waals surface area contributed by atoms with Crippen LogP contribution in [0.5, 0.6) is 5.88 Å². The fourth-order valence-electron chi connectivity index (χ4n) is 4.81. The number of alkyl halides is 3. The molecule has 12 heteroatoms. The van der Waals surface area contributed by atoms with Gasteiger partial charge < -0.3 is 19.9 Å². The van der Waals surface area contributed by atoms with Gasteiger partial charge in [-0.15, -0.1) is 0 Å². The second-order valence-electron chi connectivity index (χ2n) is 10.5. The summed E-state index contributed by atoms with van der Waals surface area (Å²) in [5.74, 6) is -3.60. The van der Waals surface area contributed by atoms with Gasteiger partial charge in [0.15, 0.2) is 0 Å². The number of anilines is 2. The molecule has 8 nitrogen and oxygen atoms in total. The van der Waals surface area contributed by atoms with E-state index in [2.05, 4.69) is 15.3 Å². The van der Waals surface area contributed by atoms with Gasteiger partial charge in [-0.3, -0.25) is 9.59 Å². The minimum Gasteiger partial charge on any atom is -0.477 e. The summed E-state index contributed by atoms with van der Waals surface area (Å²) in [6.45, 7) is 1.67. The molecule has 1 unspecified atom stereocenters. The van der Waals surface area contributed by atoms with Crippen LogP contribution in [0.3, 0.4) is 0 Å². The highest BCUT2D eigenvalue weighted by atomic mass is 19.4. The number of ether oxygens (including phenoxy) is 1. The highest BCUT2D eigenvalue weighted by molar-refractivity contribution is 6.11. The standard InChI is InChI=1S/C28H29F4N5O3/c1-36(2)18-7-8-37(14-18)24-11-22(29)19(17-5-6-26(34-12-17)40-15-16-3-4-16)9-23(24)35-27(39)20-13-33-25(38)10-21(20)28(30,31)32/h5-6,9-13,16,18,20H,3-4,7-8,14-15H2,1-2H3,(H,35,39)/t18-,20?/m1/s1. The molecular formula is C28H29F4N5O3. The van der Waals surface area contributed by atoms with Crippen LogP contribution >= 0.6 is 0 Å². The molecule has 1 saturated heterocycles. The van der Waals surface area contributed by atoms with Crippen LogP contribution in [0.15, 0.2) is 47.1 Å². The number of rotatable bonds is 8. The van der Waals surface area contributed by atoms with Gasteiger partial charge in [0, 0.05) is 54.8 Å². The molecule has 1 aromatic heterocycles. The second-order valence-corrected chi connectivity index (χ2v) is 10.5. The number of nitrogens with one attached hydrogen (secondary N) is 1. The number of aromatic nitrogens is 1. The maximum Gasteiger partial charge on any atom is 0.414 e. The van der Waals surface area contributed by atoms with E-state index in [0.717, 1.165) is 19.3 Å². The lowest BCUT2D eigenvalue weighted by Crippen LogP contribution is -2.35. The van der Waals surface area contributed by atoms with Crippen molar-refractivity contribution in [3.05, 3.63) is 47.9 Å². The average molecular weight is 560 g/mol. The van der Waals surface area contributed by atoms with Gasteiger partial charge in [-0.25, -0.2) is 14.4 Å². The number of hydrogen-bond donors (Lipinski definition) is 1. The topological polar surface area (TPSA) is 87.1 Å². The molecule has 0 bridgehead atoms. The second kappa shape index (κ2) is 11.0. The van der Waals surface area contributed by atoms with E-state index in [1.54, 1.807) is 12.1 Å². The van der Waals surface area contributed by atoms with E-state index >= 15 is 4.39 Å². The predicted octanol–water partition coefficient (Wildman–Crippen LogP) is 4.47. The number of hydrogen-bond acceptors (Lipinski definition) is 6. The summed E-state index contributed by atoms with van der Waals surface area (Å²) in [6.07, 6.45) is 0.583. The third-order valence-electron chi connectivity index (χ3n) is 7.36. The molecule has 1 N–H and O–H groups in total. The Bertz CT molecular complexity index is 1350. The molecule has 2 atom stereocenters. The number of carbonyl (C=O) groups excluding carboxylic acids is 2. The summed E-state index contributed by atoms with van der Waals surface area (Å²) < 4.78 is 62.1. The van der Waals surface area contributed by atoms with Crippen LogP contribution in [-0.4, -0.2) is 73.9 Å². The molecule has 2 aromatic rings. The van der Waals surface area contributed by atoms with Crippen molar-refractivity contribution in [3.63, 3.8) is 0 Å². The highest BCUT2D eigenvalue weighted by Gasteiger charge is 2.43. The van der Waals surface area contributed by atoms with Crippen molar-refractivity contribution in [2.24, 2.45) is 16.8 Å². The number of carbonyl (C=O) groups is 2. The normalized spacial score (nSPS) is 21.1. The first-order valence-electron chi connectivity index (χ1n) is 13.0.